The molecule has 0 unspecified atom stereocenters. The van der Waals surface area contributed by atoms with Gasteiger partial charge in [-0.05, 0) is 32.1 Å². The van der Waals surface area contributed by atoms with Crippen molar-refractivity contribution < 1.29 is 5.11 Å². The van der Waals surface area contributed by atoms with Crippen LogP contribution in [-0.4, -0.2) is 10.7 Å². The van der Waals surface area contributed by atoms with Crippen molar-refractivity contribution in [1.82, 2.24) is 0 Å². The Hall–Kier alpha value is -0.480. The molecule has 1 nitrogen and oxygen atoms in total. The van der Waals surface area contributed by atoms with Crippen LogP contribution in [0.25, 0.3) is 0 Å². The quantitative estimate of drug-likeness (QED) is 0.538. The molecule has 1 aliphatic carbocycles. The van der Waals surface area contributed by atoms with Crippen LogP contribution in [0.4, 0.5) is 0 Å². The van der Waals surface area contributed by atoms with Gasteiger partial charge in [-0.2, -0.15) is 0 Å². The van der Waals surface area contributed by atoms with E-state index < -0.39 is 5.60 Å². The van der Waals surface area contributed by atoms with Gasteiger partial charge in [0.05, 0.1) is 0 Å². The first kappa shape index (κ1) is 11.6. The average Bonchev–Trinajstić information content (AvgIpc) is 2.59. The zero-order chi connectivity index (χ0) is 10.3. The van der Waals surface area contributed by atoms with Crippen molar-refractivity contribution in [2.45, 2.75) is 70.3 Å². The van der Waals surface area contributed by atoms with E-state index in [0.29, 0.717) is 0 Å². The molecule has 0 bridgehead atoms. The van der Waals surface area contributed by atoms with Gasteiger partial charge in [-0.15, -0.1) is 5.92 Å². The van der Waals surface area contributed by atoms with Gasteiger partial charge in [0.1, 0.15) is 5.60 Å². The van der Waals surface area contributed by atoms with Gasteiger partial charge >= 0.3 is 0 Å². The zero-order valence-corrected chi connectivity index (χ0v) is 9.31. The maximum absolute atomic E-state index is 9.92. The lowest BCUT2D eigenvalue weighted by atomic mass is 10.0. The molecule has 14 heavy (non-hydrogen) atoms. The third-order valence-corrected chi connectivity index (χ3v) is 2.91. The fourth-order valence-electron chi connectivity index (χ4n) is 1.95. The van der Waals surface area contributed by atoms with E-state index in [4.69, 9.17) is 0 Å². The third kappa shape index (κ3) is 4.15. The Morgan fingerprint density at radius 3 is 2.50 bits per heavy atom. The zero-order valence-electron chi connectivity index (χ0n) is 9.31. The van der Waals surface area contributed by atoms with E-state index in [0.717, 1.165) is 32.1 Å². The minimum absolute atomic E-state index is 0.620. The molecule has 1 fully saturated rings. The first-order valence-corrected chi connectivity index (χ1v) is 5.99. The van der Waals surface area contributed by atoms with Crippen LogP contribution in [0.15, 0.2) is 0 Å². The smallest absolute Gasteiger partial charge is 0.125 e. The summed E-state index contributed by atoms with van der Waals surface area (Å²) in [5.41, 5.74) is -0.620. The van der Waals surface area contributed by atoms with E-state index in [1.807, 2.05) is 0 Å². The molecule has 0 aromatic rings. The summed E-state index contributed by atoms with van der Waals surface area (Å²) in [6.07, 6.45) is 10.1. The Balaban J connectivity index is 2.13. The second kappa shape index (κ2) is 6.09. The molecule has 1 heteroatoms. The molecule has 0 radical (unpaired) electrons. The molecule has 1 N–H and O–H groups in total. The normalized spacial score (nSPS) is 19.0. The minimum Gasteiger partial charge on any atom is -0.378 e. The Labute approximate surface area is 87.9 Å². The van der Waals surface area contributed by atoms with Crippen LogP contribution in [0, 0.1) is 11.8 Å². The highest BCUT2D eigenvalue weighted by Gasteiger charge is 2.28. The lowest BCUT2D eigenvalue weighted by molar-refractivity contribution is 0.110. The molecule has 0 spiro atoms. The molecule has 0 aromatic carbocycles. The third-order valence-electron chi connectivity index (χ3n) is 2.91. The van der Waals surface area contributed by atoms with Crippen LogP contribution in [0.1, 0.15) is 64.7 Å². The van der Waals surface area contributed by atoms with Crippen LogP contribution < -0.4 is 0 Å². The Kier molecular flexibility index (Phi) is 5.04. The van der Waals surface area contributed by atoms with Crippen LogP contribution in [0.5, 0.6) is 0 Å². The van der Waals surface area contributed by atoms with Crippen molar-refractivity contribution in [1.29, 1.82) is 0 Å². The van der Waals surface area contributed by atoms with Gasteiger partial charge < -0.3 is 5.11 Å². The molecule has 0 atom stereocenters. The fraction of sp³-hybridized carbons (Fsp3) is 0.846. The average molecular weight is 194 g/mol. The van der Waals surface area contributed by atoms with E-state index in [1.165, 1.54) is 25.7 Å². The summed E-state index contributed by atoms with van der Waals surface area (Å²) in [6.45, 7) is 2.22. The van der Waals surface area contributed by atoms with E-state index >= 15 is 0 Å². The molecule has 0 aliphatic heterocycles. The SMILES string of the molecule is CCCCCCC#CC1(O)CCCC1. The maximum atomic E-state index is 9.92. The second-order valence-electron chi connectivity index (χ2n) is 4.35. The van der Waals surface area contributed by atoms with Crippen molar-refractivity contribution in [3.8, 4) is 11.8 Å². The Morgan fingerprint density at radius 1 is 1.14 bits per heavy atom. The summed E-state index contributed by atoms with van der Waals surface area (Å²) in [6, 6.07) is 0. The predicted octanol–water partition coefficient (Wildman–Crippen LogP) is 3.27. The number of unbranched alkanes of at least 4 members (excludes halogenated alkanes) is 4. The molecule has 0 amide bonds. The molecule has 0 aromatic heterocycles. The van der Waals surface area contributed by atoms with Crippen molar-refractivity contribution in [2.24, 2.45) is 0 Å². The molecule has 0 heterocycles. The van der Waals surface area contributed by atoms with Gasteiger partial charge in [-0.25, -0.2) is 0 Å². The molecule has 1 saturated carbocycles. The van der Waals surface area contributed by atoms with Gasteiger partial charge in [-0.1, -0.05) is 32.1 Å². The largest absolute Gasteiger partial charge is 0.378 e. The Bertz CT molecular complexity index is 203. The summed E-state index contributed by atoms with van der Waals surface area (Å²) in [5, 5.41) is 9.92. The van der Waals surface area contributed by atoms with Crippen molar-refractivity contribution in [3.63, 3.8) is 0 Å². The minimum atomic E-state index is -0.620. The standard InChI is InChI=1S/C13H22O/c1-2-3-4-5-6-7-10-13(14)11-8-9-12-13/h14H,2-6,8-9,11-12H2,1H3. The summed E-state index contributed by atoms with van der Waals surface area (Å²) < 4.78 is 0. The molecule has 80 valence electrons. The Morgan fingerprint density at radius 2 is 1.86 bits per heavy atom. The number of hydrogen-bond donors (Lipinski definition) is 1. The highest BCUT2D eigenvalue weighted by atomic mass is 16.3. The van der Waals surface area contributed by atoms with Crippen LogP contribution in [-0.2, 0) is 0 Å². The number of aliphatic hydroxyl groups is 1. The highest BCUT2D eigenvalue weighted by molar-refractivity contribution is 5.15. The van der Waals surface area contributed by atoms with Crippen LogP contribution in [0.3, 0.4) is 0 Å². The summed E-state index contributed by atoms with van der Waals surface area (Å²) in [4.78, 5) is 0. The van der Waals surface area contributed by atoms with Crippen molar-refractivity contribution in [2.75, 3.05) is 0 Å². The van der Waals surface area contributed by atoms with Gasteiger partial charge in [0.15, 0.2) is 0 Å². The highest BCUT2D eigenvalue weighted by Crippen LogP contribution is 2.28. The summed E-state index contributed by atoms with van der Waals surface area (Å²) in [5.74, 6) is 6.17. The monoisotopic (exact) mass is 194 g/mol. The summed E-state index contributed by atoms with van der Waals surface area (Å²) in [7, 11) is 0. The van der Waals surface area contributed by atoms with E-state index in [-0.39, 0.29) is 0 Å². The van der Waals surface area contributed by atoms with E-state index in [9.17, 15) is 5.11 Å². The second-order valence-corrected chi connectivity index (χ2v) is 4.35. The number of rotatable bonds is 4. The fourth-order valence-corrected chi connectivity index (χ4v) is 1.95. The maximum Gasteiger partial charge on any atom is 0.125 e. The molecular formula is C13H22O. The van der Waals surface area contributed by atoms with E-state index in [2.05, 4.69) is 18.8 Å². The molecular weight excluding hydrogens is 172 g/mol. The van der Waals surface area contributed by atoms with Crippen molar-refractivity contribution in [3.05, 3.63) is 0 Å². The predicted molar refractivity (Wildman–Crippen MR) is 60.0 cm³/mol. The van der Waals surface area contributed by atoms with Gasteiger partial charge in [0.2, 0.25) is 0 Å². The topological polar surface area (TPSA) is 20.2 Å². The molecule has 0 saturated heterocycles. The summed E-state index contributed by atoms with van der Waals surface area (Å²) >= 11 is 0. The van der Waals surface area contributed by atoms with Gasteiger partial charge in [0, 0.05) is 6.42 Å². The lowest BCUT2D eigenvalue weighted by Crippen LogP contribution is -2.20. The van der Waals surface area contributed by atoms with Gasteiger partial charge in [-0.3, -0.25) is 0 Å². The molecule has 1 aliphatic rings. The van der Waals surface area contributed by atoms with Gasteiger partial charge in [0.25, 0.3) is 0 Å². The van der Waals surface area contributed by atoms with E-state index in [1.54, 1.807) is 0 Å². The lowest BCUT2D eigenvalue weighted by Gasteiger charge is -2.12. The van der Waals surface area contributed by atoms with Crippen LogP contribution >= 0.6 is 0 Å². The first-order chi connectivity index (χ1) is 6.77. The molecule has 1 rings (SSSR count). The first-order valence-electron chi connectivity index (χ1n) is 5.99. The number of hydrogen-bond acceptors (Lipinski definition) is 1. The van der Waals surface area contributed by atoms with Crippen LogP contribution in [0.2, 0.25) is 0 Å². The van der Waals surface area contributed by atoms with Crippen molar-refractivity contribution >= 4 is 0 Å².